The minimum atomic E-state index is -0.415. The number of nitrogens with one attached hydrogen (secondary N) is 1. The Hall–Kier alpha value is -2.55. The Kier molecular flexibility index (Phi) is 3.64. The van der Waals surface area contributed by atoms with Crippen LogP contribution in [-0.2, 0) is 6.54 Å². The van der Waals surface area contributed by atoms with Crippen molar-refractivity contribution in [3.05, 3.63) is 45.8 Å². The molecule has 1 atom stereocenters. The molecule has 0 aromatic carbocycles. The number of thiazole rings is 1. The van der Waals surface area contributed by atoms with Gasteiger partial charge in [0.25, 0.3) is 11.5 Å². The number of fused-ring (bicyclic) bond motifs is 1. The van der Waals surface area contributed by atoms with Gasteiger partial charge in [0.15, 0.2) is 4.96 Å². The first-order chi connectivity index (χ1) is 11.7. The van der Waals surface area contributed by atoms with Crippen molar-refractivity contribution in [3.8, 4) is 0 Å². The van der Waals surface area contributed by atoms with E-state index in [1.165, 1.54) is 23.7 Å². The Morgan fingerprint density at radius 2 is 2.33 bits per heavy atom. The van der Waals surface area contributed by atoms with Crippen LogP contribution < -0.4 is 10.9 Å². The summed E-state index contributed by atoms with van der Waals surface area (Å²) in [5, 5.41) is 9.02. The molecule has 3 heterocycles. The lowest BCUT2D eigenvalue weighted by Gasteiger charge is -2.18. The predicted molar refractivity (Wildman–Crippen MR) is 88.0 cm³/mol. The van der Waals surface area contributed by atoms with Crippen LogP contribution in [0.15, 0.2) is 28.8 Å². The minimum Gasteiger partial charge on any atom is -0.340 e. The topological polar surface area (TPSA) is 94.2 Å². The lowest BCUT2D eigenvalue weighted by molar-refractivity contribution is 0.0922. The summed E-state index contributed by atoms with van der Waals surface area (Å²) in [6.45, 7) is 2.68. The van der Waals surface area contributed by atoms with Crippen molar-refractivity contribution < 1.29 is 4.79 Å². The molecular weight excluding hydrogens is 328 g/mol. The SMILES string of the molecule is CCn1ncnc1[C@H](NC(=O)c1cc(=O)nc2sccn12)C1CC1. The molecule has 24 heavy (non-hydrogen) atoms. The van der Waals surface area contributed by atoms with Crippen LogP contribution in [0.3, 0.4) is 0 Å². The van der Waals surface area contributed by atoms with Crippen LogP contribution in [0.25, 0.3) is 4.96 Å². The predicted octanol–water partition coefficient (Wildman–Crippen LogP) is 1.25. The van der Waals surface area contributed by atoms with Crippen LogP contribution in [0.5, 0.6) is 0 Å². The number of carbonyl (C=O) groups excluding carboxylic acids is 1. The standard InChI is InChI=1S/C15H16N6O2S/c1-2-21-13(16-8-17-21)12(9-3-4-9)19-14(23)10-7-11(22)18-15-20(10)5-6-24-15/h5-9,12H,2-4H2,1H3,(H,19,23)/t12-/m1/s1. The first kappa shape index (κ1) is 15.0. The zero-order chi connectivity index (χ0) is 16.7. The summed E-state index contributed by atoms with van der Waals surface area (Å²) in [5.41, 5.74) is -0.123. The van der Waals surface area contributed by atoms with E-state index in [1.54, 1.807) is 20.7 Å². The average Bonchev–Trinajstić information content (AvgIpc) is 3.11. The molecule has 1 aliphatic rings. The molecule has 0 bridgehead atoms. The fraction of sp³-hybridized carbons (Fsp3) is 0.400. The summed E-state index contributed by atoms with van der Waals surface area (Å²) in [4.78, 5) is 33.3. The van der Waals surface area contributed by atoms with Gasteiger partial charge in [-0.25, -0.2) is 9.67 Å². The Morgan fingerprint density at radius 3 is 3.08 bits per heavy atom. The molecule has 0 radical (unpaired) electrons. The number of aromatic nitrogens is 5. The summed E-state index contributed by atoms with van der Waals surface area (Å²) in [5.74, 6) is 0.821. The molecule has 1 N–H and O–H groups in total. The fourth-order valence-corrected chi connectivity index (χ4v) is 3.54. The molecule has 0 saturated heterocycles. The van der Waals surface area contributed by atoms with Crippen LogP contribution in [0.4, 0.5) is 0 Å². The summed E-state index contributed by atoms with van der Waals surface area (Å²) < 4.78 is 3.43. The highest BCUT2D eigenvalue weighted by Crippen LogP contribution is 2.40. The van der Waals surface area contributed by atoms with Crippen LogP contribution in [0, 0.1) is 5.92 Å². The van der Waals surface area contributed by atoms with Gasteiger partial charge in [-0.3, -0.25) is 14.0 Å². The van der Waals surface area contributed by atoms with Gasteiger partial charge >= 0.3 is 0 Å². The van der Waals surface area contributed by atoms with Gasteiger partial charge < -0.3 is 5.32 Å². The van der Waals surface area contributed by atoms with E-state index in [2.05, 4.69) is 20.4 Å². The maximum Gasteiger partial charge on any atom is 0.274 e. The largest absolute Gasteiger partial charge is 0.340 e. The second kappa shape index (κ2) is 5.82. The molecule has 9 heteroatoms. The van der Waals surface area contributed by atoms with Crippen molar-refractivity contribution in [2.24, 2.45) is 5.92 Å². The van der Waals surface area contributed by atoms with Crippen molar-refractivity contribution in [2.75, 3.05) is 0 Å². The molecule has 3 aromatic heterocycles. The highest BCUT2D eigenvalue weighted by atomic mass is 32.1. The number of hydrogen-bond acceptors (Lipinski definition) is 6. The molecule has 4 rings (SSSR count). The van der Waals surface area contributed by atoms with E-state index in [0.29, 0.717) is 23.1 Å². The molecule has 3 aromatic rings. The number of nitrogens with zero attached hydrogens (tertiary/aromatic N) is 5. The van der Waals surface area contributed by atoms with E-state index in [1.807, 2.05) is 6.92 Å². The third-order valence-electron chi connectivity index (χ3n) is 4.15. The number of rotatable bonds is 5. The first-order valence-corrected chi connectivity index (χ1v) is 8.71. The molecule has 0 unspecified atom stereocenters. The molecule has 0 spiro atoms. The highest BCUT2D eigenvalue weighted by molar-refractivity contribution is 7.15. The molecule has 1 amide bonds. The van der Waals surface area contributed by atoms with E-state index in [-0.39, 0.29) is 11.9 Å². The maximum atomic E-state index is 12.8. The van der Waals surface area contributed by atoms with E-state index in [4.69, 9.17) is 0 Å². The van der Waals surface area contributed by atoms with Gasteiger partial charge in [0, 0.05) is 24.2 Å². The van der Waals surface area contributed by atoms with E-state index in [0.717, 1.165) is 18.7 Å². The smallest absolute Gasteiger partial charge is 0.274 e. The Labute approximate surface area is 141 Å². The summed E-state index contributed by atoms with van der Waals surface area (Å²) in [6.07, 6.45) is 5.34. The van der Waals surface area contributed by atoms with Crippen LogP contribution >= 0.6 is 11.3 Å². The van der Waals surface area contributed by atoms with Crippen LogP contribution in [-0.4, -0.2) is 30.1 Å². The Bertz CT molecular complexity index is 954. The lowest BCUT2D eigenvalue weighted by atomic mass is 10.1. The second-order valence-electron chi connectivity index (χ2n) is 5.76. The van der Waals surface area contributed by atoms with Crippen LogP contribution in [0.2, 0.25) is 0 Å². The van der Waals surface area contributed by atoms with Gasteiger partial charge in [-0.1, -0.05) is 0 Å². The zero-order valence-electron chi connectivity index (χ0n) is 13.0. The third kappa shape index (κ3) is 2.60. The van der Waals surface area contributed by atoms with Gasteiger partial charge in [-0.15, -0.1) is 11.3 Å². The van der Waals surface area contributed by atoms with Crippen LogP contribution in [0.1, 0.15) is 42.1 Å². The highest BCUT2D eigenvalue weighted by Gasteiger charge is 2.36. The van der Waals surface area contributed by atoms with Gasteiger partial charge in [-0.05, 0) is 25.7 Å². The van der Waals surface area contributed by atoms with E-state index >= 15 is 0 Å². The van der Waals surface area contributed by atoms with Crippen molar-refractivity contribution in [1.82, 2.24) is 29.5 Å². The number of carbonyl (C=O) groups is 1. The van der Waals surface area contributed by atoms with Crippen molar-refractivity contribution in [3.63, 3.8) is 0 Å². The van der Waals surface area contributed by atoms with Gasteiger partial charge in [0.05, 0.1) is 6.04 Å². The molecule has 1 saturated carbocycles. The van der Waals surface area contributed by atoms with E-state index in [9.17, 15) is 9.59 Å². The average molecular weight is 344 g/mol. The quantitative estimate of drug-likeness (QED) is 0.752. The number of aryl methyl sites for hydroxylation is 1. The summed E-state index contributed by atoms with van der Waals surface area (Å²) in [7, 11) is 0. The molecule has 124 valence electrons. The third-order valence-corrected chi connectivity index (χ3v) is 4.91. The van der Waals surface area contributed by atoms with Gasteiger partial charge in [0.2, 0.25) is 0 Å². The number of amides is 1. The first-order valence-electron chi connectivity index (χ1n) is 7.83. The monoisotopic (exact) mass is 344 g/mol. The molecular formula is C15H16N6O2S. The molecule has 1 aliphatic carbocycles. The zero-order valence-corrected chi connectivity index (χ0v) is 13.9. The number of hydrogen-bond donors (Lipinski definition) is 1. The van der Waals surface area contributed by atoms with Crippen molar-refractivity contribution in [1.29, 1.82) is 0 Å². The molecule has 0 aliphatic heterocycles. The van der Waals surface area contributed by atoms with Gasteiger partial charge in [0.1, 0.15) is 17.8 Å². The van der Waals surface area contributed by atoms with Gasteiger partial charge in [-0.2, -0.15) is 10.1 Å². The second-order valence-corrected chi connectivity index (χ2v) is 6.63. The summed E-state index contributed by atoms with van der Waals surface area (Å²) >= 11 is 1.32. The fourth-order valence-electron chi connectivity index (χ4n) is 2.82. The Balaban J connectivity index is 1.68. The normalized spacial score (nSPS) is 15.5. The molecule has 1 fully saturated rings. The summed E-state index contributed by atoms with van der Waals surface area (Å²) in [6, 6.07) is 1.07. The maximum absolute atomic E-state index is 12.8. The Morgan fingerprint density at radius 1 is 1.50 bits per heavy atom. The van der Waals surface area contributed by atoms with Crippen molar-refractivity contribution >= 4 is 22.2 Å². The molecule has 8 nitrogen and oxygen atoms in total. The van der Waals surface area contributed by atoms with Crippen molar-refractivity contribution in [2.45, 2.75) is 32.4 Å². The minimum absolute atomic E-state index is 0.197. The van der Waals surface area contributed by atoms with E-state index < -0.39 is 5.56 Å². The lowest BCUT2D eigenvalue weighted by Crippen LogP contribution is -2.34.